The summed E-state index contributed by atoms with van der Waals surface area (Å²) in [6.07, 6.45) is 1.20. The van der Waals surface area contributed by atoms with Gasteiger partial charge in [0, 0.05) is 11.2 Å². The summed E-state index contributed by atoms with van der Waals surface area (Å²) in [6.45, 7) is 0. The third-order valence-corrected chi connectivity index (χ3v) is 3.71. The zero-order valence-corrected chi connectivity index (χ0v) is 15.3. The number of halogens is 1. The smallest absolute Gasteiger partial charge is 0.339 e. The molecule has 0 atom stereocenters. The predicted octanol–water partition coefficient (Wildman–Crippen LogP) is 3.59. The van der Waals surface area contributed by atoms with E-state index >= 15 is 0 Å². The monoisotopic (exact) mass is 385 g/mol. The topological polar surface area (TPSA) is 100 Å². The standard InChI is InChI=1S/C19H16ClN3O4/c1-26-17-8-7-13(20)9-16(17)23-18(24)12(10-21)11-22-15-6-4-3-5-14(15)19(25)27-2/h3-9,11,22H,1-2H3,(H,23,24)/b12-11-. The molecule has 2 rings (SSSR count). The number of methoxy groups -OCH3 is 2. The van der Waals surface area contributed by atoms with E-state index < -0.39 is 11.9 Å². The lowest BCUT2D eigenvalue weighted by Crippen LogP contribution is -2.15. The molecule has 8 heteroatoms. The van der Waals surface area contributed by atoms with Crippen LogP contribution in [0, 0.1) is 11.3 Å². The number of anilines is 2. The van der Waals surface area contributed by atoms with Crippen LogP contribution in [0.2, 0.25) is 5.02 Å². The summed E-state index contributed by atoms with van der Waals surface area (Å²) in [4.78, 5) is 24.2. The van der Waals surface area contributed by atoms with Crippen molar-refractivity contribution in [3.8, 4) is 11.8 Å². The van der Waals surface area contributed by atoms with Crippen molar-refractivity contribution in [1.29, 1.82) is 5.26 Å². The molecule has 2 aromatic rings. The average Bonchev–Trinajstić information content (AvgIpc) is 2.68. The fourth-order valence-corrected chi connectivity index (χ4v) is 2.34. The van der Waals surface area contributed by atoms with E-state index in [9.17, 15) is 14.9 Å². The van der Waals surface area contributed by atoms with Gasteiger partial charge in [0.25, 0.3) is 5.91 Å². The van der Waals surface area contributed by atoms with E-state index in [2.05, 4.69) is 10.6 Å². The number of hydrogen-bond donors (Lipinski definition) is 2. The van der Waals surface area contributed by atoms with E-state index in [1.54, 1.807) is 42.5 Å². The lowest BCUT2D eigenvalue weighted by molar-refractivity contribution is -0.112. The Morgan fingerprint density at radius 1 is 1.15 bits per heavy atom. The van der Waals surface area contributed by atoms with Crippen molar-refractivity contribution in [3.63, 3.8) is 0 Å². The summed E-state index contributed by atoms with van der Waals surface area (Å²) in [5, 5.41) is 15.0. The molecule has 27 heavy (non-hydrogen) atoms. The van der Waals surface area contributed by atoms with E-state index in [1.165, 1.54) is 26.5 Å². The summed E-state index contributed by atoms with van der Waals surface area (Å²) in [5.41, 5.74) is 0.776. The fraction of sp³-hybridized carbons (Fsp3) is 0.105. The molecule has 0 heterocycles. The molecule has 2 N–H and O–H groups in total. The van der Waals surface area contributed by atoms with Gasteiger partial charge in [-0.3, -0.25) is 4.79 Å². The second-order valence-electron chi connectivity index (χ2n) is 5.15. The molecule has 138 valence electrons. The molecule has 0 saturated carbocycles. The van der Waals surface area contributed by atoms with Crippen molar-refractivity contribution in [2.24, 2.45) is 0 Å². The van der Waals surface area contributed by atoms with Gasteiger partial charge in [-0.25, -0.2) is 4.79 Å². The van der Waals surface area contributed by atoms with Crippen molar-refractivity contribution in [2.75, 3.05) is 24.9 Å². The number of nitrogens with one attached hydrogen (secondary N) is 2. The molecular formula is C19H16ClN3O4. The van der Waals surface area contributed by atoms with Crippen LogP contribution in [0.15, 0.2) is 54.2 Å². The van der Waals surface area contributed by atoms with E-state index in [-0.39, 0.29) is 11.1 Å². The summed E-state index contributed by atoms with van der Waals surface area (Å²) in [6, 6.07) is 13.1. The Kier molecular flexibility index (Phi) is 6.80. The zero-order chi connectivity index (χ0) is 19.8. The molecule has 0 radical (unpaired) electrons. The summed E-state index contributed by atoms with van der Waals surface area (Å²) in [5.74, 6) is -0.812. The highest BCUT2D eigenvalue weighted by Gasteiger charge is 2.14. The molecule has 0 aliphatic rings. The van der Waals surface area contributed by atoms with Crippen molar-refractivity contribution in [2.45, 2.75) is 0 Å². The van der Waals surface area contributed by atoms with Gasteiger partial charge >= 0.3 is 5.97 Å². The lowest BCUT2D eigenvalue weighted by Gasteiger charge is -2.11. The number of nitriles is 1. The van der Waals surface area contributed by atoms with Crippen molar-refractivity contribution in [1.82, 2.24) is 0 Å². The summed E-state index contributed by atoms with van der Waals surface area (Å²) < 4.78 is 9.86. The van der Waals surface area contributed by atoms with Gasteiger partial charge in [-0.1, -0.05) is 23.7 Å². The Labute approximate surface area is 161 Å². The Morgan fingerprint density at radius 3 is 2.56 bits per heavy atom. The predicted molar refractivity (Wildman–Crippen MR) is 102 cm³/mol. The molecule has 7 nitrogen and oxygen atoms in total. The van der Waals surface area contributed by atoms with Crippen LogP contribution >= 0.6 is 11.6 Å². The number of para-hydroxylation sites is 1. The number of hydrogen-bond acceptors (Lipinski definition) is 6. The molecule has 0 unspecified atom stereocenters. The van der Waals surface area contributed by atoms with Crippen molar-refractivity contribution >= 4 is 34.9 Å². The van der Waals surface area contributed by atoms with Gasteiger partial charge in [0.05, 0.1) is 31.2 Å². The van der Waals surface area contributed by atoms with Crippen molar-refractivity contribution < 1.29 is 19.1 Å². The van der Waals surface area contributed by atoms with Gasteiger partial charge in [-0.2, -0.15) is 5.26 Å². The second-order valence-corrected chi connectivity index (χ2v) is 5.59. The van der Waals surface area contributed by atoms with Crippen LogP contribution in [-0.2, 0) is 9.53 Å². The number of amides is 1. The maximum atomic E-state index is 12.4. The minimum absolute atomic E-state index is 0.211. The van der Waals surface area contributed by atoms with E-state index in [0.29, 0.717) is 22.1 Å². The van der Waals surface area contributed by atoms with Crippen LogP contribution in [0.5, 0.6) is 5.75 Å². The van der Waals surface area contributed by atoms with Gasteiger partial charge in [0.15, 0.2) is 0 Å². The van der Waals surface area contributed by atoms with Gasteiger partial charge in [0.2, 0.25) is 0 Å². The Balaban J connectivity index is 2.23. The quantitative estimate of drug-likeness (QED) is 0.447. The zero-order valence-electron chi connectivity index (χ0n) is 14.6. The highest BCUT2D eigenvalue weighted by Crippen LogP contribution is 2.28. The third kappa shape index (κ3) is 5.00. The highest BCUT2D eigenvalue weighted by atomic mass is 35.5. The van der Waals surface area contributed by atoms with E-state index in [4.69, 9.17) is 21.1 Å². The van der Waals surface area contributed by atoms with Gasteiger partial charge in [-0.15, -0.1) is 0 Å². The lowest BCUT2D eigenvalue weighted by atomic mass is 10.2. The van der Waals surface area contributed by atoms with Crippen LogP contribution in [0.25, 0.3) is 0 Å². The molecule has 1 amide bonds. The molecular weight excluding hydrogens is 370 g/mol. The normalized spacial score (nSPS) is 10.5. The Hall–Kier alpha value is -3.50. The molecule has 0 aliphatic carbocycles. The first-order valence-electron chi connectivity index (χ1n) is 7.69. The van der Waals surface area contributed by atoms with E-state index in [1.807, 2.05) is 0 Å². The minimum Gasteiger partial charge on any atom is -0.495 e. The van der Waals surface area contributed by atoms with Gasteiger partial charge in [0.1, 0.15) is 17.4 Å². The average molecular weight is 386 g/mol. The maximum Gasteiger partial charge on any atom is 0.339 e. The number of nitrogens with zero attached hydrogens (tertiary/aromatic N) is 1. The Morgan fingerprint density at radius 2 is 1.89 bits per heavy atom. The minimum atomic E-state index is -0.666. The SMILES string of the molecule is COC(=O)c1ccccc1N/C=C(/C#N)C(=O)Nc1cc(Cl)ccc1OC. The van der Waals surface area contributed by atoms with Crippen LogP contribution in [0.3, 0.4) is 0 Å². The first-order chi connectivity index (χ1) is 13.0. The van der Waals surface area contributed by atoms with Gasteiger partial charge < -0.3 is 20.1 Å². The molecule has 0 bridgehead atoms. The fourth-order valence-electron chi connectivity index (χ4n) is 2.16. The molecule has 0 fully saturated rings. The van der Waals surface area contributed by atoms with Crippen LogP contribution in [-0.4, -0.2) is 26.1 Å². The van der Waals surface area contributed by atoms with Crippen LogP contribution in [0.1, 0.15) is 10.4 Å². The first kappa shape index (κ1) is 19.8. The number of benzene rings is 2. The van der Waals surface area contributed by atoms with Crippen LogP contribution < -0.4 is 15.4 Å². The maximum absolute atomic E-state index is 12.4. The molecule has 0 spiro atoms. The third-order valence-electron chi connectivity index (χ3n) is 3.48. The largest absolute Gasteiger partial charge is 0.495 e. The molecule has 0 aromatic heterocycles. The van der Waals surface area contributed by atoms with Crippen LogP contribution in [0.4, 0.5) is 11.4 Å². The highest BCUT2D eigenvalue weighted by molar-refractivity contribution is 6.31. The molecule has 0 saturated heterocycles. The summed E-state index contributed by atoms with van der Waals surface area (Å²) >= 11 is 5.93. The van der Waals surface area contributed by atoms with E-state index in [0.717, 1.165) is 0 Å². The first-order valence-corrected chi connectivity index (χ1v) is 8.07. The number of rotatable bonds is 6. The number of esters is 1. The number of carbonyl (C=O) groups is 2. The number of ether oxygens (including phenoxy) is 2. The molecule has 0 aliphatic heterocycles. The Bertz CT molecular complexity index is 935. The molecule has 2 aromatic carbocycles. The summed E-state index contributed by atoms with van der Waals surface area (Å²) in [7, 11) is 2.72. The number of carbonyl (C=O) groups excluding carboxylic acids is 2. The second kappa shape index (κ2) is 9.27. The van der Waals surface area contributed by atoms with Crippen molar-refractivity contribution in [3.05, 3.63) is 64.8 Å². The van der Waals surface area contributed by atoms with Gasteiger partial charge in [-0.05, 0) is 30.3 Å².